The minimum Gasteiger partial charge on any atom is -0.456 e. The van der Waals surface area contributed by atoms with Crippen molar-refractivity contribution >= 4 is 118 Å². The molecular formula is C78H82BN3O2. The Kier molecular flexibility index (Phi) is 15.3. The molecule has 4 heterocycles. The highest BCUT2D eigenvalue weighted by Crippen LogP contribution is 2.53. The summed E-state index contributed by atoms with van der Waals surface area (Å²) in [6.45, 7) is 20.9. The molecule has 11 aromatic rings. The number of furan rings is 2. The molecule has 9 aromatic carbocycles. The summed E-state index contributed by atoms with van der Waals surface area (Å²) in [5, 5.41) is 4.68. The number of hydrogen-bond donors (Lipinski definition) is 0. The van der Waals surface area contributed by atoms with Gasteiger partial charge >= 0.3 is 0 Å². The average molecular weight is 1100 g/mol. The Bertz CT molecular complexity index is 4170. The third-order valence-electron chi connectivity index (χ3n) is 18.7. The minimum absolute atomic E-state index is 0.164. The van der Waals surface area contributed by atoms with E-state index in [2.05, 4.69) is 247 Å². The van der Waals surface area contributed by atoms with Crippen LogP contribution in [0, 0.1) is 6.92 Å². The Balaban J connectivity index is 1.23. The molecule has 3 unspecified atom stereocenters. The van der Waals surface area contributed by atoms with E-state index < -0.39 is 0 Å². The normalized spacial score (nSPS) is 13.9. The number of nitrogens with zero attached hydrogens (tertiary/aromatic N) is 3. The molecule has 3 atom stereocenters. The van der Waals surface area contributed by atoms with Gasteiger partial charge in [-0.3, -0.25) is 0 Å². The van der Waals surface area contributed by atoms with E-state index >= 15 is 0 Å². The topological polar surface area (TPSA) is 36.0 Å². The Morgan fingerprint density at radius 1 is 0.429 bits per heavy atom. The molecule has 2 aliphatic rings. The Hall–Kier alpha value is -7.96. The zero-order valence-electron chi connectivity index (χ0n) is 51.1. The molecular weight excluding hydrogens is 1020 g/mol. The van der Waals surface area contributed by atoms with Gasteiger partial charge in [0.25, 0.3) is 6.71 Å². The summed E-state index contributed by atoms with van der Waals surface area (Å²) in [4.78, 5) is 7.86. The zero-order valence-corrected chi connectivity index (χ0v) is 51.1. The summed E-state index contributed by atoms with van der Waals surface area (Å²) in [5.41, 5.74) is 26.0. The number of hydrogen-bond acceptors (Lipinski definition) is 5. The zero-order chi connectivity index (χ0) is 57.8. The van der Waals surface area contributed by atoms with Crippen LogP contribution < -0.4 is 31.1 Å². The molecule has 2 aliphatic heterocycles. The molecule has 0 aliphatic carbocycles. The van der Waals surface area contributed by atoms with E-state index in [1.807, 2.05) is 0 Å². The summed E-state index contributed by atoms with van der Waals surface area (Å²) in [6, 6.07) is 65.5. The van der Waals surface area contributed by atoms with Crippen LogP contribution in [0.4, 0.5) is 51.2 Å². The van der Waals surface area contributed by atoms with E-state index in [-0.39, 0.29) is 6.71 Å². The number of fused-ring (bicyclic) bond motifs is 12. The summed E-state index contributed by atoms with van der Waals surface area (Å²) in [7, 11) is 0. The minimum atomic E-state index is -0.164. The van der Waals surface area contributed by atoms with Crippen molar-refractivity contribution in [3.05, 3.63) is 203 Å². The third-order valence-corrected chi connectivity index (χ3v) is 18.7. The van der Waals surface area contributed by atoms with Crippen LogP contribution >= 0.6 is 0 Å². The fourth-order valence-electron chi connectivity index (χ4n) is 14.5. The lowest BCUT2D eigenvalue weighted by Crippen LogP contribution is -2.61. The van der Waals surface area contributed by atoms with Crippen LogP contribution in [0.3, 0.4) is 0 Å². The van der Waals surface area contributed by atoms with Gasteiger partial charge in [0.1, 0.15) is 22.3 Å². The lowest BCUT2D eigenvalue weighted by molar-refractivity contribution is 0.660. The Labute approximate surface area is 499 Å². The van der Waals surface area contributed by atoms with Gasteiger partial charge in [0.2, 0.25) is 0 Å². The Morgan fingerprint density at radius 3 is 1.46 bits per heavy atom. The second-order valence-electron chi connectivity index (χ2n) is 24.9. The predicted molar refractivity (Wildman–Crippen MR) is 362 cm³/mol. The van der Waals surface area contributed by atoms with Gasteiger partial charge < -0.3 is 23.5 Å². The fourth-order valence-corrected chi connectivity index (χ4v) is 14.5. The van der Waals surface area contributed by atoms with Crippen LogP contribution in [-0.2, 0) is 12.8 Å². The van der Waals surface area contributed by atoms with Crippen molar-refractivity contribution in [3.8, 4) is 0 Å². The fraction of sp³-hybridized carbons (Fsp3) is 0.308. The second kappa shape index (κ2) is 23.2. The molecule has 13 rings (SSSR count). The summed E-state index contributed by atoms with van der Waals surface area (Å²) < 4.78 is 14.2. The van der Waals surface area contributed by atoms with Crippen molar-refractivity contribution in [3.63, 3.8) is 0 Å². The molecule has 5 nitrogen and oxygen atoms in total. The van der Waals surface area contributed by atoms with Crippen LogP contribution in [0.1, 0.15) is 171 Å². The molecule has 0 fully saturated rings. The van der Waals surface area contributed by atoms with Crippen molar-refractivity contribution in [2.24, 2.45) is 0 Å². The van der Waals surface area contributed by atoms with Gasteiger partial charge in [0, 0.05) is 44.9 Å². The van der Waals surface area contributed by atoms with E-state index in [1.54, 1.807) is 0 Å². The smallest absolute Gasteiger partial charge is 0.252 e. The van der Waals surface area contributed by atoms with Gasteiger partial charge in [-0.2, -0.15) is 0 Å². The molecule has 0 bridgehead atoms. The molecule has 0 saturated heterocycles. The largest absolute Gasteiger partial charge is 0.456 e. The van der Waals surface area contributed by atoms with Crippen molar-refractivity contribution in [2.45, 2.75) is 157 Å². The van der Waals surface area contributed by atoms with Crippen LogP contribution in [0.2, 0.25) is 0 Å². The molecule has 2 aromatic heterocycles. The highest BCUT2D eigenvalue weighted by molar-refractivity contribution is 7.01. The van der Waals surface area contributed by atoms with E-state index in [0.717, 1.165) is 122 Å². The number of para-hydroxylation sites is 2. The number of aryl methyl sites for hydroxylation is 3. The first kappa shape index (κ1) is 55.2. The van der Waals surface area contributed by atoms with Crippen LogP contribution in [-0.4, -0.2) is 6.71 Å². The highest BCUT2D eigenvalue weighted by atomic mass is 16.3. The number of rotatable bonds is 20. The Morgan fingerprint density at radius 2 is 0.917 bits per heavy atom. The molecule has 424 valence electrons. The maximum Gasteiger partial charge on any atom is 0.252 e. The summed E-state index contributed by atoms with van der Waals surface area (Å²) >= 11 is 0. The first-order valence-corrected chi connectivity index (χ1v) is 32.0. The van der Waals surface area contributed by atoms with Crippen LogP contribution in [0.25, 0.3) is 43.9 Å². The predicted octanol–water partition coefficient (Wildman–Crippen LogP) is 21.7. The number of anilines is 9. The monoisotopic (exact) mass is 1100 g/mol. The van der Waals surface area contributed by atoms with Crippen molar-refractivity contribution in [1.29, 1.82) is 0 Å². The SMILES string of the molecule is CCCCc1cc(C(C)CCC)cc(N2c3cc(N(c4ccccc4)c4ccccc4)cc4c3B(c3ccc5oc6ccc(CCCC)cc6c5c32)c2ccc3oc5ccc(C(C)CCC)cc5c3c2N4c2cc(C)cc(C(C)CCC)c2)c1. The van der Waals surface area contributed by atoms with Crippen molar-refractivity contribution < 1.29 is 8.83 Å². The number of benzene rings is 9. The highest BCUT2D eigenvalue weighted by Gasteiger charge is 2.46. The first-order chi connectivity index (χ1) is 41.1. The van der Waals surface area contributed by atoms with Gasteiger partial charge in [-0.15, -0.1) is 0 Å². The summed E-state index contributed by atoms with van der Waals surface area (Å²) in [6.07, 6.45) is 13.3. The second-order valence-corrected chi connectivity index (χ2v) is 24.9. The lowest BCUT2D eigenvalue weighted by atomic mass is 9.33. The van der Waals surface area contributed by atoms with Gasteiger partial charge in [0.05, 0.1) is 27.8 Å². The van der Waals surface area contributed by atoms with Gasteiger partial charge in [-0.25, -0.2) is 0 Å². The molecule has 6 heteroatoms. The van der Waals surface area contributed by atoms with E-state index in [9.17, 15) is 0 Å². The van der Waals surface area contributed by atoms with Crippen molar-refractivity contribution in [2.75, 3.05) is 14.7 Å². The van der Waals surface area contributed by atoms with E-state index in [0.29, 0.717) is 17.8 Å². The lowest BCUT2D eigenvalue weighted by Gasteiger charge is -2.45. The van der Waals surface area contributed by atoms with E-state index in [1.165, 1.54) is 100 Å². The van der Waals surface area contributed by atoms with Crippen LogP contribution in [0.15, 0.2) is 179 Å². The third kappa shape index (κ3) is 9.77. The average Bonchev–Trinajstić information content (AvgIpc) is 1.14. The molecule has 0 saturated carbocycles. The standard InChI is InChI=1S/C78H82BN3O2/c1-10-15-26-54-32-36-70-64(44-54)74-72(83-70)38-34-66-77(74)82(62-43-55(27-16-11-2)42-58(46-62)53(9)25-14-5)69-49-63(80(59-28-19-17-20-29-59)60-30-21-18-22-31-60)48-68-76(69)79(66)67-35-39-73-75(65-47-56(51(7)23-12-3)33-37-71(65)84-73)78(67)81(68)61-41-50(6)40-57(45-61)52(8)24-13-4/h17-22,28-49,51-53H,10-16,23-27H2,1-9H3. The maximum atomic E-state index is 7.10. The molecule has 84 heavy (non-hydrogen) atoms. The number of unbranched alkanes of at least 4 members (excludes halogenated alkanes) is 2. The summed E-state index contributed by atoms with van der Waals surface area (Å²) in [5.74, 6) is 1.17. The van der Waals surface area contributed by atoms with Crippen molar-refractivity contribution in [1.82, 2.24) is 0 Å². The molecule has 0 radical (unpaired) electrons. The van der Waals surface area contributed by atoms with Crippen LogP contribution in [0.5, 0.6) is 0 Å². The molecule has 0 spiro atoms. The molecule has 0 amide bonds. The van der Waals surface area contributed by atoms with Gasteiger partial charge in [0.15, 0.2) is 0 Å². The van der Waals surface area contributed by atoms with E-state index in [4.69, 9.17) is 8.83 Å². The first-order valence-electron chi connectivity index (χ1n) is 32.0. The van der Waals surface area contributed by atoms with Gasteiger partial charge in [-0.05, 0) is 216 Å². The molecule has 0 N–H and O–H groups in total. The van der Waals surface area contributed by atoms with Gasteiger partial charge in [-0.1, -0.05) is 160 Å². The maximum absolute atomic E-state index is 7.10. The quantitative estimate of drug-likeness (QED) is 0.0711.